The molecule has 0 bridgehead atoms. The number of carboxylic acids is 1. The molecule has 0 aromatic heterocycles. The molecule has 0 aliphatic carbocycles. The van der Waals surface area contributed by atoms with Gasteiger partial charge in [-0.05, 0) is 6.07 Å². The molecule has 1 aromatic carbocycles. The number of benzene rings is 1. The van der Waals surface area contributed by atoms with Gasteiger partial charge in [0.15, 0.2) is 0 Å². The minimum Gasteiger partial charge on any atom is -0.507 e. The second-order valence-corrected chi connectivity index (χ2v) is 3.34. The summed E-state index contributed by atoms with van der Waals surface area (Å²) in [6.07, 6.45) is 0.509. The van der Waals surface area contributed by atoms with E-state index in [1.54, 1.807) is 6.07 Å². The van der Waals surface area contributed by atoms with Crippen LogP contribution in [0.1, 0.15) is 15.9 Å². The van der Waals surface area contributed by atoms with Gasteiger partial charge >= 0.3 is 12.1 Å². The maximum absolute atomic E-state index is 11.3. The highest BCUT2D eigenvalue weighted by molar-refractivity contribution is 5.94. The molecule has 1 aromatic rings. The van der Waals surface area contributed by atoms with Crippen molar-refractivity contribution >= 4 is 17.7 Å². The van der Waals surface area contributed by atoms with E-state index in [2.05, 4.69) is 16.6 Å². The first-order valence-electron chi connectivity index (χ1n) is 5.04. The lowest BCUT2D eigenvalue weighted by molar-refractivity contribution is 0.0693. The summed E-state index contributed by atoms with van der Waals surface area (Å²) in [7, 11) is 0. The fourth-order valence-electron chi connectivity index (χ4n) is 1.24. The molecule has 1 amide bonds. The van der Waals surface area contributed by atoms with Crippen LogP contribution in [0.4, 0.5) is 10.5 Å². The van der Waals surface area contributed by atoms with E-state index in [0.29, 0.717) is 0 Å². The molecule has 7 heteroatoms. The number of hydrogen-bond acceptors (Lipinski definition) is 5. The van der Waals surface area contributed by atoms with E-state index in [1.807, 2.05) is 0 Å². The van der Waals surface area contributed by atoms with Crippen molar-refractivity contribution in [3.05, 3.63) is 35.9 Å². The zero-order valence-electron chi connectivity index (χ0n) is 9.71. The maximum Gasteiger partial charge on any atom is 0.411 e. The molecule has 3 N–H and O–H groups in total. The summed E-state index contributed by atoms with van der Waals surface area (Å²) in [6.45, 7) is 3.33. The highest BCUT2D eigenvalue weighted by Gasteiger charge is 2.16. The van der Waals surface area contributed by atoms with Crippen LogP contribution in [0.3, 0.4) is 0 Å². The van der Waals surface area contributed by atoms with Crippen molar-refractivity contribution in [3.8, 4) is 11.8 Å². The maximum atomic E-state index is 11.3. The van der Waals surface area contributed by atoms with Crippen LogP contribution in [-0.2, 0) is 4.74 Å². The van der Waals surface area contributed by atoms with Gasteiger partial charge in [0.1, 0.15) is 24.0 Å². The van der Waals surface area contributed by atoms with Crippen LogP contribution in [0.5, 0.6) is 5.75 Å². The van der Waals surface area contributed by atoms with Crippen molar-refractivity contribution in [2.75, 3.05) is 11.9 Å². The molecule has 0 aliphatic heterocycles. The van der Waals surface area contributed by atoms with Crippen molar-refractivity contribution in [3.63, 3.8) is 0 Å². The summed E-state index contributed by atoms with van der Waals surface area (Å²) < 4.78 is 4.64. The second-order valence-electron chi connectivity index (χ2n) is 3.34. The zero-order valence-corrected chi connectivity index (χ0v) is 9.71. The zero-order chi connectivity index (χ0) is 14.4. The van der Waals surface area contributed by atoms with E-state index in [4.69, 9.17) is 10.4 Å². The number of nitrogens with one attached hydrogen (secondary N) is 1. The van der Waals surface area contributed by atoms with E-state index in [-0.39, 0.29) is 17.9 Å². The number of rotatable bonds is 4. The number of ether oxygens (including phenoxy) is 1. The van der Waals surface area contributed by atoms with Crippen LogP contribution in [-0.4, -0.2) is 28.9 Å². The minimum absolute atomic E-state index is 0.0209. The van der Waals surface area contributed by atoms with Crippen LogP contribution < -0.4 is 5.32 Å². The molecule has 7 nitrogen and oxygen atoms in total. The molecule has 0 radical (unpaired) electrons. The van der Waals surface area contributed by atoms with Gasteiger partial charge in [0.2, 0.25) is 0 Å². The standard InChI is InChI=1S/C12H10N2O5/c1-2-3-19-12(18)14-9-5-10(15)8(11(16)17)4-7(9)6-13/h2,4-5,15H,1,3H2,(H,14,18)(H,16,17). The number of aromatic carboxylic acids is 1. The lowest BCUT2D eigenvalue weighted by Gasteiger charge is -2.09. The lowest BCUT2D eigenvalue weighted by atomic mass is 10.1. The molecule has 0 fully saturated rings. The van der Waals surface area contributed by atoms with Gasteiger partial charge in [-0.2, -0.15) is 5.26 Å². The van der Waals surface area contributed by atoms with Crippen molar-refractivity contribution in [1.82, 2.24) is 0 Å². The van der Waals surface area contributed by atoms with E-state index >= 15 is 0 Å². The Bertz CT molecular complexity index is 574. The molecule has 0 spiro atoms. The fourth-order valence-corrected chi connectivity index (χ4v) is 1.24. The first-order valence-corrected chi connectivity index (χ1v) is 5.04. The normalized spacial score (nSPS) is 9.21. The van der Waals surface area contributed by atoms with E-state index in [0.717, 1.165) is 12.1 Å². The largest absolute Gasteiger partial charge is 0.507 e. The van der Waals surface area contributed by atoms with E-state index in [1.165, 1.54) is 6.08 Å². The van der Waals surface area contributed by atoms with Gasteiger partial charge in [-0.15, -0.1) is 0 Å². The Morgan fingerprint density at radius 1 is 1.53 bits per heavy atom. The first kappa shape index (κ1) is 14.1. The molecule has 0 saturated heterocycles. The van der Waals surface area contributed by atoms with Gasteiger partial charge in [-0.25, -0.2) is 9.59 Å². The molecule has 0 aliphatic rings. The van der Waals surface area contributed by atoms with E-state index in [9.17, 15) is 14.7 Å². The van der Waals surface area contributed by atoms with Gasteiger partial charge in [0.25, 0.3) is 0 Å². The smallest absolute Gasteiger partial charge is 0.411 e. The van der Waals surface area contributed by atoms with Crippen LogP contribution in [0.15, 0.2) is 24.8 Å². The number of amides is 1. The topological polar surface area (TPSA) is 120 Å². The summed E-state index contributed by atoms with van der Waals surface area (Å²) in [6, 6.07) is 3.64. The summed E-state index contributed by atoms with van der Waals surface area (Å²) in [5.74, 6) is -1.94. The summed E-state index contributed by atoms with van der Waals surface area (Å²) >= 11 is 0. The molecular formula is C12H10N2O5. The van der Waals surface area contributed by atoms with Crippen molar-refractivity contribution in [2.45, 2.75) is 0 Å². The minimum atomic E-state index is -1.38. The molecule has 98 valence electrons. The number of aromatic hydroxyl groups is 1. The predicted octanol–water partition coefficient (Wildman–Crippen LogP) is 1.70. The molecular weight excluding hydrogens is 252 g/mol. The summed E-state index contributed by atoms with van der Waals surface area (Å²) in [5, 5.41) is 29.3. The molecule has 0 atom stereocenters. The summed E-state index contributed by atoms with van der Waals surface area (Å²) in [5.41, 5.74) is -0.577. The number of nitriles is 1. The molecule has 1 rings (SSSR count). The highest BCUT2D eigenvalue weighted by atomic mass is 16.5. The fraction of sp³-hybridized carbons (Fsp3) is 0.0833. The van der Waals surface area contributed by atoms with Gasteiger partial charge in [-0.3, -0.25) is 5.32 Å². The first-order chi connectivity index (χ1) is 8.99. The Labute approximate surface area is 108 Å². The van der Waals surface area contributed by atoms with Gasteiger partial charge in [-0.1, -0.05) is 12.7 Å². The Balaban J connectivity index is 3.05. The van der Waals surface area contributed by atoms with Crippen LogP contribution >= 0.6 is 0 Å². The Kier molecular flexibility index (Phi) is 4.49. The average molecular weight is 262 g/mol. The number of nitrogens with zero attached hydrogens (tertiary/aromatic N) is 1. The van der Waals surface area contributed by atoms with Crippen molar-refractivity contribution in [1.29, 1.82) is 5.26 Å². The molecule has 0 unspecified atom stereocenters. The van der Waals surface area contributed by atoms with E-state index < -0.39 is 23.4 Å². The predicted molar refractivity (Wildman–Crippen MR) is 64.9 cm³/mol. The van der Waals surface area contributed by atoms with Crippen LogP contribution in [0.25, 0.3) is 0 Å². The monoisotopic (exact) mass is 262 g/mol. The quantitative estimate of drug-likeness (QED) is 0.710. The van der Waals surface area contributed by atoms with Gasteiger partial charge < -0.3 is 14.9 Å². The third-order valence-corrected chi connectivity index (χ3v) is 2.06. The number of carbonyl (C=O) groups is 2. The third kappa shape index (κ3) is 3.47. The van der Waals surface area contributed by atoms with Crippen LogP contribution in [0.2, 0.25) is 0 Å². The number of carbonyl (C=O) groups excluding carboxylic acids is 1. The number of carboxylic acid groups (broad SMARTS) is 1. The Morgan fingerprint density at radius 3 is 2.74 bits per heavy atom. The average Bonchev–Trinajstić information content (AvgIpc) is 2.36. The number of phenols is 1. The molecule has 19 heavy (non-hydrogen) atoms. The van der Waals surface area contributed by atoms with Crippen LogP contribution in [0, 0.1) is 11.3 Å². The Morgan fingerprint density at radius 2 is 2.21 bits per heavy atom. The van der Waals surface area contributed by atoms with Crippen molar-refractivity contribution < 1.29 is 24.5 Å². The number of anilines is 1. The van der Waals surface area contributed by atoms with Crippen molar-refractivity contribution in [2.24, 2.45) is 0 Å². The molecule has 0 saturated carbocycles. The summed E-state index contributed by atoms with van der Waals surface area (Å²) in [4.78, 5) is 22.1. The Hall–Kier alpha value is -3.01. The highest BCUT2D eigenvalue weighted by Crippen LogP contribution is 2.26. The molecule has 0 heterocycles. The lowest BCUT2D eigenvalue weighted by Crippen LogP contribution is -2.14. The van der Waals surface area contributed by atoms with Gasteiger partial charge in [0, 0.05) is 6.07 Å². The SMILES string of the molecule is C=CCOC(=O)Nc1cc(O)c(C(=O)O)cc1C#N. The second kappa shape index (κ2) is 6.07. The third-order valence-electron chi connectivity index (χ3n) is 2.06. The number of hydrogen-bond donors (Lipinski definition) is 3. The van der Waals surface area contributed by atoms with Gasteiger partial charge in [0.05, 0.1) is 11.3 Å².